The van der Waals surface area contributed by atoms with Gasteiger partial charge in [-0.2, -0.15) is 11.8 Å². The molecular formula is C15H26O3S. The molecule has 0 aromatic carbocycles. The van der Waals surface area contributed by atoms with Crippen LogP contribution in [0.3, 0.4) is 0 Å². The van der Waals surface area contributed by atoms with Crippen molar-refractivity contribution in [1.29, 1.82) is 0 Å². The monoisotopic (exact) mass is 286 g/mol. The molecule has 0 saturated carbocycles. The molecule has 0 aliphatic carbocycles. The molecule has 19 heavy (non-hydrogen) atoms. The Bertz CT molecular complexity index is 305. The van der Waals surface area contributed by atoms with Gasteiger partial charge in [0.2, 0.25) is 0 Å². The zero-order valence-corrected chi connectivity index (χ0v) is 12.9. The first-order valence-electron chi connectivity index (χ1n) is 7.47. The third-order valence-electron chi connectivity index (χ3n) is 4.55. The fourth-order valence-corrected chi connectivity index (χ4v) is 4.74. The number of hydrogen-bond donors (Lipinski definition) is 1. The van der Waals surface area contributed by atoms with Crippen molar-refractivity contribution in [3.63, 3.8) is 0 Å². The van der Waals surface area contributed by atoms with Crippen molar-refractivity contribution in [2.24, 2.45) is 17.8 Å². The average molecular weight is 286 g/mol. The maximum atomic E-state index is 11.6. The van der Waals surface area contributed by atoms with Crippen molar-refractivity contribution >= 4 is 17.7 Å². The van der Waals surface area contributed by atoms with Gasteiger partial charge >= 0.3 is 5.97 Å². The molecule has 110 valence electrons. The van der Waals surface area contributed by atoms with E-state index in [1.165, 1.54) is 0 Å². The second kappa shape index (κ2) is 6.49. The third-order valence-corrected chi connectivity index (χ3v) is 5.53. The zero-order chi connectivity index (χ0) is 13.9. The minimum absolute atomic E-state index is 0.00114. The molecule has 0 amide bonds. The van der Waals surface area contributed by atoms with E-state index in [0.717, 1.165) is 50.2 Å². The molecule has 0 bridgehead atoms. The molecule has 2 fully saturated rings. The predicted molar refractivity (Wildman–Crippen MR) is 78.5 cm³/mol. The van der Waals surface area contributed by atoms with Gasteiger partial charge in [-0.05, 0) is 55.4 Å². The van der Waals surface area contributed by atoms with Gasteiger partial charge in [0.25, 0.3) is 0 Å². The second-order valence-electron chi connectivity index (χ2n) is 6.47. The molecule has 0 aromatic heterocycles. The molecule has 0 aromatic rings. The molecule has 1 spiro atoms. The van der Waals surface area contributed by atoms with Crippen molar-refractivity contribution in [1.82, 2.24) is 0 Å². The highest BCUT2D eigenvalue weighted by Gasteiger charge is 2.42. The smallest absolute Gasteiger partial charge is 0.306 e. The lowest BCUT2D eigenvalue weighted by atomic mass is 9.74. The lowest BCUT2D eigenvalue weighted by molar-refractivity contribution is -0.152. The first-order chi connectivity index (χ1) is 9.02. The number of rotatable bonds is 4. The van der Waals surface area contributed by atoms with Crippen LogP contribution in [0.2, 0.25) is 0 Å². The van der Waals surface area contributed by atoms with E-state index in [-0.39, 0.29) is 11.5 Å². The maximum Gasteiger partial charge on any atom is 0.306 e. The highest BCUT2D eigenvalue weighted by atomic mass is 32.2. The molecule has 1 N–H and O–H groups in total. The van der Waals surface area contributed by atoms with Gasteiger partial charge in [-0.3, -0.25) is 4.79 Å². The summed E-state index contributed by atoms with van der Waals surface area (Å²) in [5.41, 5.74) is -0.00114. The Balaban J connectivity index is 2.03. The van der Waals surface area contributed by atoms with E-state index in [1.54, 1.807) is 0 Å². The van der Waals surface area contributed by atoms with E-state index in [4.69, 9.17) is 4.74 Å². The van der Waals surface area contributed by atoms with E-state index < -0.39 is 5.97 Å². The predicted octanol–water partition coefficient (Wildman–Crippen LogP) is 3.43. The Morgan fingerprint density at radius 1 is 1.42 bits per heavy atom. The summed E-state index contributed by atoms with van der Waals surface area (Å²) in [6, 6.07) is 0. The van der Waals surface area contributed by atoms with Crippen LogP contribution in [-0.2, 0) is 9.53 Å². The Hall–Kier alpha value is -0.220. The minimum Gasteiger partial charge on any atom is -0.481 e. The number of thioether (sulfide) groups is 1. The van der Waals surface area contributed by atoms with E-state index in [2.05, 4.69) is 13.8 Å². The Morgan fingerprint density at radius 2 is 2.11 bits per heavy atom. The highest BCUT2D eigenvalue weighted by molar-refractivity contribution is 7.99. The van der Waals surface area contributed by atoms with Crippen molar-refractivity contribution in [2.45, 2.75) is 51.6 Å². The lowest BCUT2D eigenvalue weighted by Crippen LogP contribution is -2.45. The third kappa shape index (κ3) is 3.88. The molecule has 4 heteroatoms. The van der Waals surface area contributed by atoms with Crippen LogP contribution in [0.15, 0.2) is 0 Å². The number of carbonyl (C=O) groups is 1. The van der Waals surface area contributed by atoms with E-state index >= 15 is 0 Å². The zero-order valence-electron chi connectivity index (χ0n) is 12.1. The van der Waals surface area contributed by atoms with Crippen LogP contribution in [0.25, 0.3) is 0 Å². The number of hydrogen-bond acceptors (Lipinski definition) is 3. The van der Waals surface area contributed by atoms with Crippen LogP contribution in [-0.4, -0.2) is 34.8 Å². The summed E-state index contributed by atoms with van der Waals surface area (Å²) in [6.07, 6.45) is 4.87. The SMILES string of the molecule is CC(C)CC(C(=O)O)C1CCOC2(CCSCC2)C1. The van der Waals surface area contributed by atoms with Crippen molar-refractivity contribution in [3.05, 3.63) is 0 Å². The number of carboxylic acids is 1. The van der Waals surface area contributed by atoms with Gasteiger partial charge in [-0.1, -0.05) is 13.8 Å². The largest absolute Gasteiger partial charge is 0.481 e. The highest BCUT2D eigenvalue weighted by Crippen LogP contribution is 2.43. The Labute approximate surface area is 120 Å². The Kier molecular flexibility index (Phi) is 5.18. The summed E-state index contributed by atoms with van der Waals surface area (Å²) in [7, 11) is 0. The Morgan fingerprint density at radius 3 is 2.68 bits per heavy atom. The van der Waals surface area contributed by atoms with Crippen LogP contribution in [0.4, 0.5) is 0 Å². The molecule has 0 radical (unpaired) electrons. The fourth-order valence-electron chi connectivity index (χ4n) is 3.50. The normalized spacial score (nSPS) is 28.5. The summed E-state index contributed by atoms with van der Waals surface area (Å²) in [4.78, 5) is 11.6. The van der Waals surface area contributed by atoms with Crippen molar-refractivity contribution < 1.29 is 14.6 Å². The fraction of sp³-hybridized carbons (Fsp3) is 0.933. The second-order valence-corrected chi connectivity index (χ2v) is 7.70. The lowest BCUT2D eigenvalue weighted by Gasteiger charge is -2.44. The number of aliphatic carboxylic acids is 1. The van der Waals surface area contributed by atoms with Gasteiger partial charge in [-0.15, -0.1) is 0 Å². The molecule has 2 atom stereocenters. The average Bonchev–Trinajstić information content (AvgIpc) is 2.36. The quantitative estimate of drug-likeness (QED) is 0.860. The molecular weight excluding hydrogens is 260 g/mol. The van der Waals surface area contributed by atoms with E-state index in [1.807, 2.05) is 11.8 Å². The maximum absolute atomic E-state index is 11.6. The van der Waals surface area contributed by atoms with Crippen molar-refractivity contribution in [2.75, 3.05) is 18.1 Å². The van der Waals surface area contributed by atoms with Crippen LogP contribution >= 0.6 is 11.8 Å². The van der Waals surface area contributed by atoms with Gasteiger partial charge in [0.05, 0.1) is 11.5 Å². The number of ether oxygens (including phenoxy) is 1. The van der Waals surface area contributed by atoms with Crippen LogP contribution in [0.5, 0.6) is 0 Å². The molecule has 2 heterocycles. The van der Waals surface area contributed by atoms with Crippen molar-refractivity contribution in [3.8, 4) is 0 Å². The topological polar surface area (TPSA) is 46.5 Å². The summed E-state index contributed by atoms with van der Waals surface area (Å²) in [5, 5.41) is 9.52. The summed E-state index contributed by atoms with van der Waals surface area (Å²) in [5.74, 6) is 2.28. The van der Waals surface area contributed by atoms with E-state index in [9.17, 15) is 9.90 Å². The first-order valence-corrected chi connectivity index (χ1v) is 8.62. The minimum atomic E-state index is -0.610. The van der Waals surface area contributed by atoms with Crippen LogP contribution < -0.4 is 0 Å². The van der Waals surface area contributed by atoms with Crippen LogP contribution in [0.1, 0.15) is 46.0 Å². The summed E-state index contributed by atoms with van der Waals surface area (Å²) >= 11 is 1.99. The molecule has 2 saturated heterocycles. The van der Waals surface area contributed by atoms with E-state index in [0.29, 0.717) is 11.8 Å². The molecule has 2 unspecified atom stereocenters. The molecule has 2 aliphatic heterocycles. The van der Waals surface area contributed by atoms with Gasteiger partial charge in [0, 0.05) is 6.61 Å². The van der Waals surface area contributed by atoms with Gasteiger partial charge in [0.15, 0.2) is 0 Å². The summed E-state index contributed by atoms with van der Waals surface area (Å²) < 4.78 is 6.07. The van der Waals surface area contributed by atoms with Gasteiger partial charge in [0.1, 0.15) is 0 Å². The summed E-state index contributed by atoms with van der Waals surface area (Å²) in [6.45, 7) is 4.97. The standard InChI is InChI=1S/C15H26O3S/c1-11(2)9-13(14(16)17)12-3-6-18-15(10-12)4-7-19-8-5-15/h11-13H,3-10H2,1-2H3,(H,16,17). The van der Waals surface area contributed by atoms with Crippen LogP contribution in [0, 0.1) is 17.8 Å². The first kappa shape index (κ1) is 15.2. The molecule has 3 nitrogen and oxygen atoms in total. The molecule has 2 aliphatic rings. The van der Waals surface area contributed by atoms with Gasteiger partial charge in [-0.25, -0.2) is 0 Å². The number of carboxylic acid groups (broad SMARTS) is 1. The van der Waals surface area contributed by atoms with Gasteiger partial charge < -0.3 is 9.84 Å². The molecule has 2 rings (SSSR count).